The summed E-state index contributed by atoms with van der Waals surface area (Å²) in [5.74, 6) is -0.233. The number of Topliss-reactive ketones (excluding diaryl/α,β-unsaturated/α-hetero) is 1. The fourth-order valence-electron chi connectivity index (χ4n) is 3.72. The molecule has 37 heavy (non-hydrogen) atoms. The van der Waals surface area contributed by atoms with Gasteiger partial charge < -0.3 is 4.74 Å². The number of nitrogens with zero attached hydrogens (tertiary/aromatic N) is 3. The molecule has 1 aliphatic rings. The molecule has 0 aliphatic carbocycles. The Bertz CT molecular complexity index is 1560. The minimum absolute atomic E-state index is 0.138. The maximum atomic E-state index is 13.4. The fraction of sp³-hybridized carbons (Fsp3) is 0.0741. The van der Waals surface area contributed by atoms with E-state index in [1.54, 1.807) is 61.7 Å². The molecule has 1 amide bonds. The molecule has 2 heterocycles. The second kappa shape index (κ2) is 10.5. The number of amides is 1. The summed E-state index contributed by atoms with van der Waals surface area (Å²) in [5, 5.41) is 2.80. The van der Waals surface area contributed by atoms with Gasteiger partial charge in [-0.15, -0.1) is 0 Å². The van der Waals surface area contributed by atoms with Crippen molar-refractivity contribution in [3.63, 3.8) is 0 Å². The predicted molar refractivity (Wildman–Crippen MR) is 140 cm³/mol. The van der Waals surface area contributed by atoms with Crippen LogP contribution in [-0.2, 0) is 4.79 Å². The number of nitrogens with one attached hydrogen (secondary N) is 1. The van der Waals surface area contributed by atoms with Crippen LogP contribution in [0.2, 0.25) is 0 Å². The molecule has 0 unspecified atom stereocenters. The second-order valence-electron chi connectivity index (χ2n) is 7.89. The third-order valence-corrected chi connectivity index (χ3v) is 6.46. The average molecular weight is 514 g/mol. The first-order chi connectivity index (χ1) is 18.0. The van der Waals surface area contributed by atoms with Gasteiger partial charge in [-0.25, -0.2) is 9.79 Å². The highest BCUT2D eigenvalue weighted by atomic mass is 32.2. The van der Waals surface area contributed by atoms with Gasteiger partial charge in [0.1, 0.15) is 11.4 Å². The van der Waals surface area contributed by atoms with Crippen molar-refractivity contribution in [2.45, 2.75) is 0 Å². The van der Waals surface area contributed by atoms with Crippen molar-refractivity contribution < 1.29 is 23.5 Å². The Hall–Kier alpha value is -4.70. The SMILES string of the molecule is COc1ccc(/C=C2/N=C(SCC(=O)c3c(=O)o[nH][n+]3-c3ccccc3)N(c3ccccc3)C2=O)cc1. The zero-order valence-electron chi connectivity index (χ0n) is 19.7. The van der Waals surface area contributed by atoms with Crippen LogP contribution < -0.4 is 19.9 Å². The van der Waals surface area contributed by atoms with Crippen LogP contribution in [0.1, 0.15) is 16.1 Å². The Morgan fingerprint density at radius 1 is 1.03 bits per heavy atom. The Balaban J connectivity index is 1.43. The van der Waals surface area contributed by atoms with Gasteiger partial charge in [0.2, 0.25) is 11.5 Å². The number of carbonyl (C=O) groups excluding carboxylic acids is 2. The average Bonchev–Trinajstić information content (AvgIpc) is 3.48. The van der Waals surface area contributed by atoms with E-state index in [0.29, 0.717) is 22.3 Å². The fourth-order valence-corrected chi connectivity index (χ4v) is 4.60. The van der Waals surface area contributed by atoms with Gasteiger partial charge in [-0.05, 0) is 45.9 Å². The third-order valence-electron chi connectivity index (χ3n) is 5.52. The summed E-state index contributed by atoms with van der Waals surface area (Å²) < 4.78 is 11.4. The van der Waals surface area contributed by atoms with E-state index in [2.05, 4.69) is 10.3 Å². The molecule has 4 aromatic rings. The maximum Gasteiger partial charge on any atom is 0.438 e. The zero-order chi connectivity index (χ0) is 25.8. The molecule has 0 spiro atoms. The number of amidine groups is 1. The lowest BCUT2D eigenvalue weighted by molar-refractivity contribution is -0.672. The first-order valence-corrected chi connectivity index (χ1v) is 12.2. The Morgan fingerprint density at radius 3 is 2.38 bits per heavy atom. The highest BCUT2D eigenvalue weighted by Crippen LogP contribution is 2.29. The quantitative estimate of drug-likeness (QED) is 0.230. The number of aromatic amines is 1. The van der Waals surface area contributed by atoms with E-state index >= 15 is 0 Å². The van der Waals surface area contributed by atoms with Crippen molar-refractivity contribution in [1.82, 2.24) is 5.27 Å². The number of rotatable bonds is 7. The predicted octanol–water partition coefficient (Wildman–Crippen LogP) is 3.61. The molecule has 0 saturated heterocycles. The van der Waals surface area contributed by atoms with Gasteiger partial charge in [0, 0.05) is 12.1 Å². The monoisotopic (exact) mass is 513 g/mol. The maximum absolute atomic E-state index is 13.4. The highest BCUT2D eigenvalue weighted by Gasteiger charge is 2.35. The van der Waals surface area contributed by atoms with Crippen molar-refractivity contribution in [3.8, 4) is 11.4 Å². The molecule has 0 saturated carbocycles. The minimum Gasteiger partial charge on any atom is -0.497 e. The molecule has 9 nitrogen and oxygen atoms in total. The number of hydrogen-bond acceptors (Lipinski definition) is 7. The lowest BCUT2D eigenvalue weighted by Crippen LogP contribution is -2.41. The number of thioether (sulfide) groups is 1. The Kier molecular flexibility index (Phi) is 6.82. The topological polar surface area (TPSA) is 109 Å². The number of hydrogen-bond donors (Lipinski definition) is 1. The number of methoxy groups -OCH3 is 1. The molecule has 5 rings (SSSR count). The molecule has 3 aromatic carbocycles. The summed E-state index contributed by atoms with van der Waals surface area (Å²) in [7, 11) is 1.58. The number of anilines is 1. The van der Waals surface area contributed by atoms with Gasteiger partial charge in [0.05, 0.1) is 18.6 Å². The van der Waals surface area contributed by atoms with E-state index in [1.165, 1.54) is 9.58 Å². The van der Waals surface area contributed by atoms with Crippen LogP contribution in [-0.4, -0.2) is 35.0 Å². The number of benzene rings is 3. The van der Waals surface area contributed by atoms with Gasteiger partial charge in [-0.2, -0.15) is 0 Å². The summed E-state index contributed by atoms with van der Waals surface area (Å²) in [6.07, 6.45) is 1.68. The molecule has 1 aliphatic heterocycles. The van der Waals surface area contributed by atoms with Crippen LogP contribution in [0, 0.1) is 0 Å². The first-order valence-electron chi connectivity index (χ1n) is 11.2. The lowest BCUT2D eigenvalue weighted by atomic mass is 10.2. The molecular formula is C27H21N4O5S+. The molecule has 0 radical (unpaired) electrons. The normalized spacial score (nSPS) is 14.2. The summed E-state index contributed by atoms with van der Waals surface area (Å²) >= 11 is 1.07. The van der Waals surface area contributed by atoms with Gasteiger partial charge >= 0.3 is 11.3 Å². The van der Waals surface area contributed by atoms with E-state index in [1.807, 2.05) is 36.4 Å². The number of carbonyl (C=O) groups is 2. The van der Waals surface area contributed by atoms with E-state index in [4.69, 9.17) is 9.26 Å². The molecule has 1 N–H and O–H groups in total. The van der Waals surface area contributed by atoms with Crippen LogP contribution in [0.25, 0.3) is 11.8 Å². The summed E-state index contributed by atoms with van der Waals surface area (Å²) in [6.45, 7) is 0. The number of aliphatic imine (C=N–C) groups is 1. The first kappa shape index (κ1) is 24.0. The molecule has 10 heteroatoms. The zero-order valence-corrected chi connectivity index (χ0v) is 20.5. The molecule has 0 atom stereocenters. The molecular weight excluding hydrogens is 492 g/mol. The number of ether oxygens (including phenoxy) is 1. The van der Waals surface area contributed by atoms with E-state index in [-0.39, 0.29) is 23.1 Å². The standard InChI is InChI=1S/C27H20N4O5S/c1-35-21-14-12-18(13-15-21)16-22-25(33)30(19-8-4-2-5-9-19)27(28-22)37-17-23(32)24-26(34)36-29-31(24)20-10-6-3-7-11-20/h2-16H,17H2,1H3/p+1/b22-16+. The highest BCUT2D eigenvalue weighted by molar-refractivity contribution is 8.14. The Labute approximate surface area is 215 Å². The molecule has 0 bridgehead atoms. The van der Waals surface area contributed by atoms with Gasteiger partial charge in [-0.3, -0.25) is 19.0 Å². The van der Waals surface area contributed by atoms with Crippen molar-refractivity contribution >= 4 is 40.4 Å². The van der Waals surface area contributed by atoms with Gasteiger partial charge in [0.15, 0.2) is 5.17 Å². The van der Waals surface area contributed by atoms with Crippen molar-refractivity contribution in [2.24, 2.45) is 4.99 Å². The van der Waals surface area contributed by atoms with E-state index in [9.17, 15) is 14.4 Å². The Morgan fingerprint density at radius 2 is 1.70 bits per heavy atom. The van der Waals surface area contributed by atoms with Gasteiger partial charge in [0.25, 0.3) is 5.91 Å². The second-order valence-corrected chi connectivity index (χ2v) is 8.83. The van der Waals surface area contributed by atoms with Crippen LogP contribution >= 0.6 is 11.8 Å². The van der Waals surface area contributed by atoms with Crippen LogP contribution in [0.4, 0.5) is 5.69 Å². The smallest absolute Gasteiger partial charge is 0.438 e. The van der Waals surface area contributed by atoms with Crippen molar-refractivity contribution in [3.05, 3.63) is 112 Å². The van der Waals surface area contributed by atoms with E-state index < -0.39 is 11.4 Å². The molecule has 0 fully saturated rings. The summed E-state index contributed by atoms with van der Waals surface area (Å²) in [4.78, 5) is 44.8. The third kappa shape index (κ3) is 5.00. The van der Waals surface area contributed by atoms with E-state index in [0.717, 1.165) is 17.3 Å². The van der Waals surface area contributed by atoms with Gasteiger partial charge in [-0.1, -0.05) is 60.3 Å². The summed E-state index contributed by atoms with van der Waals surface area (Å²) in [6, 6.07) is 25.2. The van der Waals surface area contributed by atoms with Crippen LogP contribution in [0.3, 0.4) is 0 Å². The number of para-hydroxylation sites is 2. The van der Waals surface area contributed by atoms with Crippen molar-refractivity contribution in [2.75, 3.05) is 17.8 Å². The van der Waals surface area contributed by atoms with Crippen LogP contribution in [0.5, 0.6) is 5.75 Å². The molecule has 184 valence electrons. The summed E-state index contributed by atoms with van der Waals surface area (Å²) in [5.41, 5.74) is 1.26. The lowest BCUT2D eigenvalue weighted by Gasteiger charge is -2.17. The number of H-pyrrole nitrogens is 1. The van der Waals surface area contributed by atoms with Crippen molar-refractivity contribution in [1.29, 1.82) is 0 Å². The van der Waals surface area contributed by atoms with Crippen LogP contribution in [0.15, 0.2) is 105 Å². The number of aromatic nitrogens is 2. The largest absolute Gasteiger partial charge is 0.497 e. The minimum atomic E-state index is -0.779. The number of ketones is 1. The molecule has 1 aromatic heterocycles.